The summed E-state index contributed by atoms with van der Waals surface area (Å²) in [6.07, 6.45) is -0.147. The highest BCUT2D eigenvalue weighted by Crippen LogP contribution is 2.37. The van der Waals surface area contributed by atoms with Gasteiger partial charge in [-0.25, -0.2) is 4.39 Å². The predicted octanol–water partition coefficient (Wildman–Crippen LogP) is 5.42. The number of nitrogens with zero attached hydrogens (tertiary/aromatic N) is 1. The molecule has 0 saturated heterocycles. The Kier molecular flexibility index (Phi) is 5.51. The number of aromatic hydroxyl groups is 1. The summed E-state index contributed by atoms with van der Waals surface area (Å²) in [5.74, 6) is 0.499. The van der Waals surface area contributed by atoms with E-state index in [1.165, 1.54) is 6.07 Å². The van der Waals surface area contributed by atoms with Crippen LogP contribution in [-0.2, 0) is 0 Å². The third-order valence-electron chi connectivity index (χ3n) is 5.05. The first kappa shape index (κ1) is 19.4. The van der Waals surface area contributed by atoms with Crippen molar-refractivity contribution in [3.63, 3.8) is 0 Å². The van der Waals surface area contributed by atoms with E-state index >= 15 is 0 Å². The van der Waals surface area contributed by atoms with Crippen molar-refractivity contribution in [2.75, 3.05) is 7.11 Å². The topological polar surface area (TPSA) is 53.8 Å². The monoisotopic (exact) mass is 410 g/mol. The Morgan fingerprint density at radius 2 is 1.83 bits per heavy atom. The molecule has 29 heavy (non-hydrogen) atoms. The van der Waals surface area contributed by atoms with Gasteiger partial charge in [-0.1, -0.05) is 35.9 Å². The number of nitrogens with one attached hydrogen (secondary N) is 1. The second kappa shape index (κ2) is 8.23. The molecule has 0 spiro atoms. The van der Waals surface area contributed by atoms with Crippen molar-refractivity contribution in [1.29, 1.82) is 0 Å². The molecule has 6 heteroatoms. The first-order valence-electron chi connectivity index (χ1n) is 9.25. The molecule has 0 bridgehead atoms. The van der Waals surface area contributed by atoms with E-state index in [2.05, 4.69) is 5.32 Å². The van der Waals surface area contributed by atoms with Crippen LogP contribution < -0.4 is 10.1 Å². The summed E-state index contributed by atoms with van der Waals surface area (Å²) in [6, 6.07) is 19.0. The molecule has 3 aromatic carbocycles. The van der Waals surface area contributed by atoms with Crippen LogP contribution in [0.25, 0.3) is 0 Å². The Morgan fingerprint density at radius 3 is 2.52 bits per heavy atom. The minimum absolute atomic E-state index is 0.180. The van der Waals surface area contributed by atoms with Gasteiger partial charge in [0.25, 0.3) is 0 Å². The van der Waals surface area contributed by atoms with Crippen LogP contribution >= 0.6 is 11.6 Å². The molecule has 148 valence electrons. The number of halogens is 2. The molecule has 1 aliphatic rings. The number of para-hydroxylation sites is 1. The summed E-state index contributed by atoms with van der Waals surface area (Å²) in [5, 5.41) is 14.0. The smallest absolute Gasteiger partial charge is 0.131 e. The lowest BCUT2D eigenvalue weighted by Gasteiger charge is -2.31. The van der Waals surface area contributed by atoms with Crippen LogP contribution in [0, 0.1) is 5.82 Å². The van der Waals surface area contributed by atoms with Gasteiger partial charge in [0.15, 0.2) is 0 Å². The predicted molar refractivity (Wildman–Crippen MR) is 112 cm³/mol. The zero-order chi connectivity index (χ0) is 20.4. The molecular formula is C23H20ClFN2O2. The minimum Gasteiger partial charge on any atom is -0.508 e. The van der Waals surface area contributed by atoms with Gasteiger partial charge >= 0.3 is 0 Å². The van der Waals surface area contributed by atoms with E-state index in [0.717, 1.165) is 22.6 Å². The molecule has 0 aromatic heterocycles. The van der Waals surface area contributed by atoms with Crippen molar-refractivity contribution < 1.29 is 14.2 Å². The lowest BCUT2D eigenvalue weighted by Crippen LogP contribution is -2.33. The molecule has 2 N–H and O–H groups in total. The number of phenolic OH excluding ortho intramolecular Hbond substituents is 1. The number of benzene rings is 3. The standard InChI is InChI=1S/C23H20ClFN2O2/c1-29-15-11-9-14(10-12-15)19-13-20(16-5-2-3-8-21(16)28)27-23(26-19)22-17(24)6-4-7-18(22)25/h2-12,20,23,27-28H,13H2,1H3/t20-,23+/m0/s1. The highest BCUT2D eigenvalue weighted by Gasteiger charge is 2.30. The fourth-order valence-corrected chi connectivity index (χ4v) is 3.83. The quantitative estimate of drug-likeness (QED) is 0.604. The number of hydrogen-bond donors (Lipinski definition) is 2. The average molecular weight is 411 g/mol. The van der Waals surface area contributed by atoms with Crippen molar-refractivity contribution in [2.45, 2.75) is 18.6 Å². The Bertz CT molecular complexity index is 1030. The molecule has 0 saturated carbocycles. The first-order chi connectivity index (χ1) is 14.1. The molecule has 0 radical (unpaired) electrons. The summed E-state index contributed by atoms with van der Waals surface area (Å²) in [4.78, 5) is 4.76. The number of hydrogen-bond acceptors (Lipinski definition) is 4. The largest absolute Gasteiger partial charge is 0.508 e. The molecule has 2 atom stereocenters. The SMILES string of the molecule is COc1ccc(C2=N[C@@H](c3c(F)cccc3Cl)N[C@H](c3ccccc3O)C2)cc1. The number of aliphatic imine (C=N–C) groups is 1. The highest BCUT2D eigenvalue weighted by atomic mass is 35.5. The van der Waals surface area contributed by atoms with Gasteiger partial charge < -0.3 is 9.84 Å². The molecular weight excluding hydrogens is 391 g/mol. The lowest BCUT2D eigenvalue weighted by atomic mass is 9.93. The zero-order valence-corrected chi connectivity index (χ0v) is 16.5. The van der Waals surface area contributed by atoms with Gasteiger partial charge in [0, 0.05) is 29.3 Å². The van der Waals surface area contributed by atoms with E-state index < -0.39 is 12.0 Å². The number of ether oxygens (including phenoxy) is 1. The van der Waals surface area contributed by atoms with Gasteiger partial charge in [-0.15, -0.1) is 0 Å². The molecule has 4 rings (SSSR count). The fraction of sp³-hybridized carbons (Fsp3) is 0.174. The summed E-state index contributed by atoms with van der Waals surface area (Å²) >= 11 is 6.31. The Hall–Kier alpha value is -2.89. The molecule has 0 aliphatic carbocycles. The second-order valence-electron chi connectivity index (χ2n) is 6.82. The van der Waals surface area contributed by atoms with E-state index in [1.54, 1.807) is 31.4 Å². The van der Waals surface area contributed by atoms with Crippen LogP contribution in [0.15, 0.2) is 71.7 Å². The average Bonchev–Trinajstić information content (AvgIpc) is 2.74. The molecule has 3 aromatic rings. The summed E-state index contributed by atoms with van der Waals surface area (Å²) < 4.78 is 19.8. The van der Waals surface area contributed by atoms with E-state index in [1.807, 2.05) is 36.4 Å². The van der Waals surface area contributed by atoms with Crippen molar-refractivity contribution in [1.82, 2.24) is 5.32 Å². The van der Waals surface area contributed by atoms with Crippen LogP contribution in [0.3, 0.4) is 0 Å². The maximum atomic E-state index is 14.6. The van der Waals surface area contributed by atoms with Gasteiger partial charge in [0.1, 0.15) is 23.5 Å². The molecule has 0 unspecified atom stereocenters. The van der Waals surface area contributed by atoms with Crippen LogP contribution in [0.2, 0.25) is 5.02 Å². The van der Waals surface area contributed by atoms with Crippen LogP contribution in [-0.4, -0.2) is 17.9 Å². The van der Waals surface area contributed by atoms with Gasteiger partial charge in [-0.3, -0.25) is 10.3 Å². The molecule has 0 fully saturated rings. The van der Waals surface area contributed by atoms with Crippen molar-refractivity contribution >= 4 is 17.3 Å². The molecule has 1 heterocycles. The maximum Gasteiger partial charge on any atom is 0.131 e. The second-order valence-corrected chi connectivity index (χ2v) is 7.23. The van der Waals surface area contributed by atoms with Crippen molar-refractivity contribution in [3.8, 4) is 11.5 Å². The van der Waals surface area contributed by atoms with Gasteiger partial charge in [-0.05, 0) is 48.0 Å². The van der Waals surface area contributed by atoms with Gasteiger partial charge in [0.2, 0.25) is 0 Å². The number of phenols is 1. The van der Waals surface area contributed by atoms with Crippen LogP contribution in [0.1, 0.15) is 35.3 Å². The number of methoxy groups -OCH3 is 1. The fourth-order valence-electron chi connectivity index (χ4n) is 3.57. The van der Waals surface area contributed by atoms with E-state index in [-0.39, 0.29) is 11.8 Å². The van der Waals surface area contributed by atoms with Gasteiger partial charge in [0.05, 0.1) is 12.1 Å². The van der Waals surface area contributed by atoms with Crippen molar-refractivity contribution in [3.05, 3.63) is 94.3 Å². The molecule has 0 amide bonds. The Labute approximate surface area is 173 Å². The number of rotatable bonds is 4. The normalized spacial score (nSPS) is 18.9. The van der Waals surface area contributed by atoms with Crippen LogP contribution in [0.4, 0.5) is 4.39 Å². The third kappa shape index (κ3) is 3.97. The summed E-state index contributed by atoms with van der Waals surface area (Å²) in [6.45, 7) is 0. The summed E-state index contributed by atoms with van der Waals surface area (Å²) in [7, 11) is 1.61. The van der Waals surface area contributed by atoms with Crippen molar-refractivity contribution in [2.24, 2.45) is 4.99 Å². The minimum atomic E-state index is -0.681. The Balaban J connectivity index is 1.79. The summed E-state index contributed by atoms with van der Waals surface area (Å²) in [5.41, 5.74) is 2.72. The van der Waals surface area contributed by atoms with E-state index in [4.69, 9.17) is 21.3 Å². The Morgan fingerprint density at radius 1 is 1.07 bits per heavy atom. The third-order valence-corrected chi connectivity index (χ3v) is 5.38. The molecule has 1 aliphatic heterocycles. The maximum absolute atomic E-state index is 14.6. The zero-order valence-electron chi connectivity index (χ0n) is 15.8. The molecule has 4 nitrogen and oxygen atoms in total. The van der Waals surface area contributed by atoms with Crippen LogP contribution in [0.5, 0.6) is 11.5 Å². The van der Waals surface area contributed by atoms with E-state index in [0.29, 0.717) is 17.0 Å². The lowest BCUT2D eigenvalue weighted by molar-refractivity contribution is 0.405. The first-order valence-corrected chi connectivity index (χ1v) is 9.63. The van der Waals surface area contributed by atoms with Gasteiger partial charge in [-0.2, -0.15) is 0 Å². The van der Waals surface area contributed by atoms with E-state index in [9.17, 15) is 9.50 Å². The highest BCUT2D eigenvalue weighted by molar-refractivity contribution is 6.31.